The van der Waals surface area contributed by atoms with Gasteiger partial charge in [-0.25, -0.2) is 0 Å². The number of aryl methyl sites for hydroxylation is 1. The van der Waals surface area contributed by atoms with Gasteiger partial charge in [0, 0.05) is 44.0 Å². The zero-order valence-electron chi connectivity index (χ0n) is 13.7. The van der Waals surface area contributed by atoms with E-state index in [-0.39, 0.29) is 0 Å². The van der Waals surface area contributed by atoms with E-state index in [9.17, 15) is 4.79 Å². The molecule has 120 valence electrons. The summed E-state index contributed by atoms with van der Waals surface area (Å²) in [4.78, 5) is 25.6. The molecule has 22 heavy (non-hydrogen) atoms. The number of nitrogens with zero attached hydrogens (tertiary/aromatic N) is 4. The van der Waals surface area contributed by atoms with Crippen LogP contribution in [0.25, 0.3) is 0 Å². The summed E-state index contributed by atoms with van der Waals surface area (Å²) in [5, 5.41) is 0. The summed E-state index contributed by atoms with van der Waals surface area (Å²) >= 11 is 0. The molecule has 0 N–H and O–H groups in total. The van der Waals surface area contributed by atoms with Gasteiger partial charge in [-0.2, -0.15) is 0 Å². The summed E-state index contributed by atoms with van der Waals surface area (Å²) in [5.41, 5.74) is 1.99. The lowest BCUT2D eigenvalue weighted by Gasteiger charge is -2.34. The number of hydrogen-bond donors (Lipinski definition) is 0. The second kappa shape index (κ2) is 6.73. The summed E-state index contributed by atoms with van der Waals surface area (Å²) in [6.45, 7) is 6.81. The van der Waals surface area contributed by atoms with Gasteiger partial charge in [-0.3, -0.25) is 19.7 Å². The third-order valence-corrected chi connectivity index (χ3v) is 4.98. The van der Waals surface area contributed by atoms with Crippen LogP contribution in [0.1, 0.15) is 50.4 Å². The van der Waals surface area contributed by atoms with Crippen molar-refractivity contribution in [2.24, 2.45) is 0 Å². The maximum absolute atomic E-state index is 12.2. The minimum Gasteiger partial charge on any atom is -0.338 e. The quantitative estimate of drug-likeness (QED) is 0.855. The molecule has 0 aliphatic carbocycles. The second-order valence-electron chi connectivity index (χ2n) is 6.48. The van der Waals surface area contributed by atoms with Crippen molar-refractivity contribution in [3.05, 3.63) is 23.8 Å². The third-order valence-electron chi connectivity index (χ3n) is 4.98. The highest BCUT2D eigenvalue weighted by Crippen LogP contribution is 2.31. The Kier molecular flexibility index (Phi) is 4.71. The number of hydrogen-bond acceptors (Lipinski definition) is 4. The van der Waals surface area contributed by atoms with Gasteiger partial charge in [-0.1, -0.05) is 6.92 Å². The van der Waals surface area contributed by atoms with Gasteiger partial charge in [-0.15, -0.1) is 0 Å². The lowest BCUT2D eigenvalue weighted by atomic mass is 10.0. The average molecular weight is 302 g/mol. The van der Waals surface area contributed by atoms with Crippen LogP contribution in [0.3, 0.4) is 0 Å². The number of amides is 1. The fourth-order valence-corrected chi connectivity index (χ4v) is 3.90. The van der Waals surface area contributed by atoms with Crippen LogP contribution in [0.15, 0.2) is 12.4 Å². The number of rotatable bonds is 4. The van der Waals surface area contributed by atoms with Gasteiger partial charge in [0.2, 0.25) is 5.91 Å². The molecule has 1 aromatic heterocycles. The molecule has 3 heterocycles. The van der Waals surface area contributed by atoms with Crippen molar-refractivity contribution in [2.45, 2.75) is 64.6 Å². The number of carbonyl (C=O) groups excluding carboxylic acids is 1. The molecule has 2 aliphatic rings. The van der Waals surface area contributed by atoms with Crippen LogP contribution in [-0.2, 0) is 11.3 Å². The molecule has 2 saturated heterocycles. The fourth-order valence-electron chi connectivity index (χ4n) is 3.90. The van der Waals surface area contributed by atoms with Gasteiger partial charge >= 0.3 is 0 Å². The SMILES string of the molecule is CCC(=O)N1CCC[C@H]1[C@H]1CCCN1Cc1cnc(C)cn1. The Morgan fingerprint density at radius 2 is 1.95 bits per heavy atom. The normalized spacial score (nSPS) is 25.8. The van der Waals surface area contributed by atoms with Crippen LogP contribution in [0.5, 0.6) is 0 Å². The van der Waals surface area contributed by atoms with Gasteiger partial charge in [-0.05, 0) is 39.2 Å². The first-order valence-electron chi connectivity index (χ1n) is 8.50. The van der Waals surface area contributed by atoms with E-state index in [1.807, 2.05) is 26.2 Å². The van der Waals surface area contributed by atoms with Crippen molar-refractivity contribution in [3.8, 4) is 0 Å². The van der Waals surface area contributed by atoms with Crippen molar-refractivity contribution in [1.82, 2.24) is 19.8 Å². The summed E-state index contributed by atoms with van der Waals surface area (Å²) in [6, 6.07) is 0.884. The first kappa shape index (κ1) is 15.4. The highest BCUT2D eigenvalue weighted by atomic mass is 16.2. The predicted octanol–water partition coefficient (Wildman–Crippen LogP) is 2.15. The summed E-state index contributed by atoms with van der Waals surface area (Å²) < 4.78 is 0. The molecule has 2 fully saturated rings. The molecule has 2 atom stereocenters. The molecule has 3 rings (SSSR count). The van der Waals surface area contributed by atoms with Crippen molar-refractivity contribution in [1.29, 1.82) is 0 Å². The first-order valence-corrected chi connectivity index (χ1v) is 8.50. The summed E-state index contributed by atoms with van der Waals surface area (Å²) in [7, 11) is 0. The summed E-state index contributed by atoms with van der Waals surface area (Å²) in [6.07, 6.45) is 9.04. The molecule has 5 heteroatoms. The molecule has 1 amide bonds. The molecule has 1 aromatic rings. The molecule has 0 saturated carbocycles. The van der Waals surface area contributed by atoms with Crippen LogP contribution in [0, 0.1) is 6.92 Å². The van der Waals surface area contributed by atoms with Gasteiger partial charge in [0.05, 0.1) is 11.4 Å². The lowest BCUT2D eigenvalue weighted by Crippen LogP contribution is -2.47. The molecular weight excluding hydrogens is 276 g/mol. The van der Waals surface area contributed by atoms with E-state index in [4.69, 9.17) is 0 Å². The maximum atomic E-state index is 12.2. The molecule has 2 aliphatic heterocycles. The van der Waals surface area contributed by atoms with Crippen LogP contribution in [-0.4, -0.2) is 50.8 Å². The van der Waals surface area contributed by atoms with E-state index in [2.05, 4.69) is 19.8 Å². The Morgan fingerprint density at radius 1 is 1.18 bits per heavy atom. The molecule has 0 spiro atoms. The molecular formula is C17H26N4O. The van der Waals surface area contributed by atoms with Crippen molar-refractivity contribution in [3.63, 3.8) is 0 Å². The zero-order chi connectivity index (χ0) is 15.5. The topological polar surface area (TPSA) is 49.3 Å². The van der Waals surface area contributed by atoms with Crippen molar-refractivity contribution >= 4 is 5.91 Å². The average Bonchev–Trinajstić information content (AvgIpc) is 3.17. The Labute approximate surface area is 132 Å². The largest absolute Gasteiger partial charge is 0.338 e. The highest BCUT2D eigenvalue weighted by molar-refractivity contribution is 5.76. The van der Waals surface area contributed by atoms with Gasteiger partial charge < -0.3 is 4.90 Å². The van der Waals surface area contributed by atoms with Crippen LogP contribution in [0.4, 0.5) is 0 Å². The van der Waals surface area contributed by atoms with E-state index >= 15 is 0 Å². The first-order chi connectivity index (χ1) is 10.7. The van der Waals surface area contributed by atoms with Gasteiger partial charge in [0.25, 0.3) is 0 Å². The fraction of sp³-hybridized carbons (Fsp3) is 0.706. The Bertz CT molecular complexity index is 516. The minimum absolute atomic E-state index is 0.310. The van der Waals surface area contributed by atoms with Gasteiger partial charge in [0.1, 0.15) is 0 Å². The van der Waals surface area contributed by atoms with Crippen LogP contribution < -0.4 is 0 Å². The van der Waals surface area contributed by atoms with E-state index in [0.29, 0.717) is 24.4 Å². The molecule has 0 aromatic carbocycles. The molecule has 5 nitrogen and oxygen atoms in total. The summed E-state index contributed by atoms with van der Waals surface area (Å²) in [5.74, 6) is 0.310. The smallest absolute Gasteiger partial charge is 0.222 e. The van der Waals surface area contributed by atoms with E-state index in [1.54, 1.807) is 0 Å². The number of likely N-dealkylation sites (tertiary alicyclic amines) is 2. The molecule has 0 radical (unpaired) electrons. The van der Waals surface area contributed by atoms with E-state index in [1.165, 1.54) is 12.8 Å². The second-order valence-corrected chi connectivity index (χ2v) is 6.48. The molecule has 0 bridgehead atoms. The van der Waals surface area contributed by atoms with Gasteiger partial charge in [0.15, 0.2) is 0 Å². The zero-order valence-corrected chi connectivity index (χ0v) is 13.7. The lowest BCUT2D eigenvalue weighted by molar-refractivity contribution is -0.132. The molecule has 0 unspecified atom stereocenters. The predicted molar refractivity (Wildman–Crippen MR) is 85.2 cm³/mol. The van der Waals surface area contributed by atoms with Crippen LogP contribution in [0.2, 0.25) is 0 Å². The van der Waals surface area contributed by atoms with Crippen molar-refractivity contribution < 1.29 is 4.79 Å². The van der Waals surface area contributed by atoms with Crippen LogP contribution >= 0.6 is 0 Å². The standard InChI is InChI=1S/C17H26N4O/c1-3-17(22)21-9-5-7-16(21)15-6-4-8-20(15)12-14-11-18-13(2)10-19-14/h10-11,15-16H,3-9,12H2,1-2H3/t15-,16+/m1/s1. The Morgan fingerprint density at radius 3 is 2.68 bits per heavy atom. The Hall–Kier alpha value is -1.49. The van der Waals surface area contributed by atoms with E-state index in [0.717, 1.165) is 43.9 Å². The van der Waals surface area contributed by atoms with E-state index < -0.39 is 0 Å². The monoisotopic (exact) mass is 302 g/mol. The Balaban J connectivity index is 1.70. The maximum Gasteiger partial charge on any atom is 0.222 e. The minimum atomic E-state index is 0.310. The highest BCUT2D eigenvalue weighted by Gasteiger charge is 2.39. The number of carbonyl (C=O) groups is 1. The van der Waals surface area contributed by atoms with Crippen molar-refractivity contribution in [2.75, 3.05) is 13.1 Å². The third kappa shape index (κ3) is 3.14. The number of aromatic nitrogens is 2.